The lowest BCUT2D eigenvalue weighted by Crippen LogP contribution is -2.44. The number of nitrogens with zero attached hydrogens (tertiary/aromatic N) is 2. The third-order valence-corrected chi connectivity index (χ3v) is 6.53. The van der Waals surface area contributed by atoms with Crippen LogP contribution < -0.4 is 4.72 Å². The van der Waals surface area contributed by atoms with Crippen molar-refractivity contribution < 1.29 is 17.9 Å². The lowest BCUT2D eigenvalue weighted by atomic mass is 10.3. The minimum atomic E-state index is -3.47. The van der Waals surface area contributed by atoms with Gasteiger partial charge in [0.15, 0.2) is 0 Å². The average Bonchev–Trinajstić information content (AvgIpc) is 3.06. The van der Waals surface area contributed by atoms with E-state index in [2.05, 4.69) is 9.62 Å². The molecule has 1 N–H and O–H groups in total. The van der Waals surface area contributed by atoms with Crippen molar-refractivity contribution in [2.24, 2.45) is 0 Å². The highest BCUT2D eigenvalue weighted by Crippen LogP contribution is 2.14. The molecule has 9 heteroatoms. The van der Waals surface area contributed by atoms with E-state index in [1.54, 1.807) is 22.4 Å². The molecule has 1 aromatic rings. The van der Waals surface area contributed by atoms with Crippen LogP contribution in [0.3, 0.4) is 0 Å². The molecule has 1 amide bonds. The number of carbonyl (C=O) groups is 1. The Kier molecular flexibility index (Phi) is 6.97. The zero-order chi connectivity index (χ0) is 16.7. The largest absolute Gasteiger partial charge is 0.379 e. The molecule has 1 aliphatic rings. The predicted molar refractivity (Wildman–Crippen MR) is 89.0 cm³/mol. The highest BCUT2D eigenvalue weighted by Gasteiger charge is 2.17. The van der Waals surface area contributed by atoms with E-state index in [4.69, 9.17) is 4.74 Å². The van der Waals surface area contributed by atoms with Gasteiger partial charge in [-0.3, -0.25) is 9.69 Å². The standard InChI is InChI=1S/C14H23N3O4S2/c1-13(18)17(7-6-16-8-10-21-11-9-16)5-4-15-23(19,20)14-3-2-12-22-14/h2-3,12,15H,4-11H2,1H3. The molecule has 1 aromatic heterocycles. The summed E-state index contributed by atoms with van der Waals surface area (Å²) in [6, 6.07) is 3.26. The Bertz CT molecular complexity index is 583. The summed E-state index contributed by atoms with van der Waals surface area (Å²) in [7, 11) is -3.47. The van der Waals surface area contributed by atoms with Crippen LogP contribution in [0.15, 0.2) is 21.7 Å². The van der Waals surface area contributed by atoms with Gasteiger partial charge in [-0.05, 0) is 11.4 Å². The molecule has 0 radical (unpaired) electrons. The third kappa shape index (κ3) is 5.85. The summed E-state index contributed by atoms with van der Waals surface area (Å²) in [5.74, 6) is -0.0476. The molecule has 0 unspecified atom stereocenters. The zero-order valence-electron chi connectivity index (χ0n) is 13.2. The average molecular weight is 361 g/mol. The van der Waals surface area contributed by atoms with Crippen LogP contribution in [0, 0.1) is 0 Å². The second kappa shape index (κ2) is 8.74. The minimum Gasteiger partial charge on any atom is -0.379 e. The van der Waals surface area contributed by atoms with Gasteiger partial charge in [-0.2, -0.15) is 0 Å². The SMILES string of the molecule is CC(=O)N(CCNS(=O)(=O)c1cccs1)CCN1CCOCC1. The summed E-state index contributed by atoms with van der Waals surface area (Å²) in [6.45, 7) is 6.64. The number of rotatable bonds is 8. The van der Waals surface area contributed by atoms with Gasteiger partial charge in [0, 0.05) is 46.2 Å². The Morgan fingerprint density at radius 2 is 2.13 bits per heavy atom. The van der Waals surface area contributed by atoms with Crippen LogP contribution in [0.25, 0.3) is 0 Å². The number of hydrogen-bond acceptors (Lipinski definition) is 6. The number of carbonyl (C=O) groups excluding carboxylic acids is 1. The van der Waals surface area contributed by atoms with Crippen LogP contribution in [0.5, 0.6) is 0 Å². The molecule has 1 aliphatic heterocycles. The summed E-state index contributed by atoms with van der Waals surface area (Å²) in [4.78, 5) is 15.6. The van der Waals surface area contributed by atoms with Gasteiger partial charge in [0.1, 0.15) is 4.21 Å². The van der Waals surface area contributed by atoms with E-state index >= 15 is 0 Å². The monoisotopic (exact) mass is 361 g/mol. The lowest BCUT2D eigenvalue weighted by molar-refractivity contribution is -0.129. The zero-order valence-corrected chi connectivity index (χ0v) is 14.9. The van der Waals surface area contributed by atoms with Gasteiger partial charge in [0.05, 0.1) is 13.2 Å². The topological polar surface area (TPSA) is 79.0 Å². The Labute approximate surface area is 141 Å². The number of morpholine rings is 1. The molecule has 23 heavy (non-hydrogen) atoms. The molecule has 7 nitrogen and oxygen atoms in total. The fraction of sp³-hybridized carbons (Fsp3) is 0.643. The third-order valence-electron chi connectivity index (χ3n) is 3.67. The summed E-state index contributed by atoms with van der Waals surface area (Å²) in [5, 5.41) is 1.72. The molecular formula is C14H23N3O4S2. The first-order chi connectivity index (χ1) is 11.0. The van der Waals surface area contributed by atoms with Crippen LogP contribution >= 0.6 is 11.3 Å². The summed E-state index contributed by atoms with van der Waals surface area (Å²) in [5.41, 5.74) is 0. The quantitative estimate of drug-likeness (QED) is 0.716. The lowest BCUT2D eigenvalue weighted by Gasteiger charge is -2.29. The summed E-state index contributed by atoms with van der Waals surface area (Å²) in [6.07, 6.45) is 0. The van der Waals surface area contributed by atoms with Crippen molar-refractivity contribution in [2.45, 2.75) is 11.1 Å². The van der Waals surface area contributed by atoms with Crippen molar-refractivity contribution in [1.82, 2.24) is 14.5 Å². The Hall–Kier alpha value is -1.00. The van der Waals surface area contributed by atoms with E-state index < -0.39 is 10.0 Å². The Morgan fingerprint density at radius 3 is 2.74 bits per heavy atom. The first-order valence-corrected chi connectivity index (χ1v) is 9.94. The molecule has 0 aromatic carbocycles. The fourth-order valence-electron chi connectivity index (χ4n) is 2.32. The molecule has 2 rings (SSSR count). The van der Waals surface area contributed by atoms with Crippen molar-refractivity contribution in [2.75, 3.05) is 52.5 Å². The van der Waals surface area contributed by atoms with Crippen molar-refractivity contribution in [3.8, 4) is 0 Å². The van der Waals surface area contributed by atoms with Gasteiger partial charge in [0.25, 0.3) is 0 Å². The Morgan fingerprint density at radius 1 is 1.39 bits per heavy atom. The fourth-order valence-corrected chi connectivity index (χ4v) is 4.37. The Balaban J connectivity index is 1.77. The molecule has 130 valence electrons. The summed E-state index contributed by atoms with van der Waals surface area (Å²) < 4.78 is 32.2. The second-order valence-corrected chi connectivity index (χ2v) is 8.23. The van der Waals surface area contributed by atoms with Crippen LogP contribution in [-0.2, 0) is 19.6 Å². The minimum absolute atomic E-state index is 0.0476. The van der Waals surface area contributed by atoms with E-state index in [1.807, 2.05) is 0 Å². The van der Waals surface area contributed by atoms with Crippen molar-refractivity contribution in [1.29, 1.82) is 0 Å². The molecule has 0 spiro atoms. The van der Waals surface area contributed by atoms with E-state index in [0.717, 1.165) is 32.8 Å². The smallest absolute Gasteiger partial charge is 0.250 e. The number of ether oxygens (including phenoxy) is 1. The number of nitrogens with one attached hydrogen (secondary N) is 1. The maximum Gasteiger partial charge on any atom is 0.250 e. The normalized spacial score (nSPS) is 16.4. The molecular weight excluding hydrogens is 338 g/mol. The van der Waals surface area contributed by atoms with Crippen LogP contribution in [0.4, 0.5) is 0 Å². The molecule has 1 fully saturated rings. The highest BCUT2D eigenvalue weighted by molar-refractivity contribution is 7.91. The maximum absolute atomic E-state index is 12.0. The summed E-state index contributed by atoms with van der Waals surface area (Å²) >= 11 is 1.17. The van der Waals surface area contributed by atoms with Gasteiger partial charge in [0.2, 0.25) is 15.9 Å². The highest BCUT2D eigenvalue weighted by atomic mass is 32.2. The van der Waals surface area contributed by atoms with Crippen molar-refractivity contribution in [3.05, 3.63) is 17.5 Å². The number of hydrogen-bond donors (Lipinski definition) is 1. The predicted octanol–water partition coefficient (Wildman–Crippen LogP) is 0.207. The molecule has 1 saturated heterocycles. The molecule has 2 heterocycles. The van der Waals surface area contributed by atoms with Crippen molar-refractivity contribution >= 4 is 27.3 Å². The first kappa shape index (κ1) is 18.3. The molecule has 0 saturated carbocycles. The van der Waals surface area contributed by atoms with Gasteiger partial charge in [-0.25, -0.2) is 13.1 Å². The number of amides is 1. The van der Waals surface area contributed by atoms with Crippen molar-refractivity contribution in [3.63, 3.8) is 0 Å². The van der Waals surface area contributed by atoms with Gasteiger partial charge in [-0.1, -0.05) is 6.07 Å². The number of thiophene rings is 1. The second-order valence-electron chi connectivity index (χ2n) is 5.29. The van der Waals surface area contributed by atoms with Crippen LogP contribution in [0.1, 0.15) is 6.92 Å². The van der Waals surface area contributed by atoms with Crippen LogP contribution in [-0.4, -0.2) is 76.6 Å². The van der Waals surface area contributed by atoms with Gasteiger partial charge < -0.3 is 9.64 Å². The van der Waals surface area contributed by atoms with Crippen LogP contribution in [0.2, 0.25) is 0 Å². The van der Waals surface area contributed by atoms with E-state index in [-0.39, 0.29) is 12.5 Å². The number of sulfonamides is 1. The van der Waals surface area contributed by atoms with Gasteiger partial charge >= 0.3 is 0 Å². The molecule has 0 aliphatic carbocycles. The molecule has 0 atom stereocenters. The van der Waals surface area contributed by atoms with E-state index in [1.165, 1.54) is 18.3 Å². The molecule has 0 bridgehead atoms. The maximum atomic E-state index is 12.0. The van der Waals surface area contributed by atoms with Gasteiger partial charge in [-0.15, -0.1) is 11.3 Å². The van der Waals surface area contributed by atoms with E-state index in [0.29, 0.717) is 17.3 Å². The van der Waals surface area contributed by atoms with E-state index in [9.17, 15) is 13.2 Å². The first-order valence-electron chi connectivity index (χ1n) is 7.58.